The molecule has 0 spiro atoms. The molecular formula is C113H97Ir3N9-6. The molecule has 12 aromatic carbocycles. The predicted octanol–water partition coefficient (Wildman–Crippen LogP) is 29.5. The fourth-order valence-electron chi connectivity index (χ4n) is 13.8. The van der Waals surface area contributed by atoms with Crippen LogP contribution in [0.1, 0.15) is 78.5 Å². The van der Waals surface area contributed by atoms with Crippen LogP contribution in [0.2, 0.25) is 0 Å². The molecule has 6 aromatic heterocycles. The van der Waals surface area contributed by atoms with E-state index in [9.17, 15) is 0 Å². The second-order valence-electron chi connectivity index (χ2n) is 29.7. The Bertz CT molecular complexity index is 5770. The Morgan fingerprint density at radius 3 is 0.664 bits per heavy atom. The summed E-state index contributed by atoms with van der Waals surface area (Å²) in [5.74, 6) is 1.06. The van der Waals surface area contributed by atoms with Crippen molar-refractivity contribution in [2.75, 3.05) is 14.7 Å². The molecule has 0 aliphatic carbocycles. The molecule has 125 heavy (non-hydrogen) atoms. The summed E-state index contributed by atoms with van der Waals surface area (Å²) in [6, 6.07) is 146. The summed E-state index contributed by atoms with van der Waals surface area (Å²) in [7, 11) is 0. The quantitative estimate of drug-likeness (QED) is 0.0827. The number of benzene rings is 12. The minimum Gasteiger partial charge on any atom is -0.309 e. The third kappa shape index (κ3) is 26.5. The molecule has 627 valence electrons. The fourth-order valence-corrected chi connectivity index (χ4v) is 13.8. The second kappa shape index (κ2) is 48.7. The van der Waals surface area contributed by atoms with Gasteiger partial charge in [0.05, 0.1) is 17.1 Å². The summed E-state index contributed by atoms with van der Waals surface area (Å²) < 4.78 is 0. The van der Waals surface area contributed by atoms with Gasteiger partial charge in [-0.25, -0.2) is 0 Å². The molecule has 0 amide bonds. The average Bonchev–Trinajstić information content (AvgIpc) is 0.786. The molecule has 18 aromatic rings. The van der Waals surface area contributed by atoms with E-state index in [-0.39, 0.29) is 60.3 Å². The minimum atomic E-state index is 0. The van der Waals surface area contributed by atoms with Gasteiger partial charge in [-0.3, -0.25) is 0 Å². The molecule has 0 saturated carbocycles. The molecule has 0 aliphatic heterocycles. The maximum atomic E-state index is 4.71. The second-order valence-corrected chi connectivity index (χ2v) is 29.7. The SMILES string of the molecule is Cc1cc(-c2[c-]cccc2)ncc1C(C)C.Cc1cc(-c2[c-]cccc2)ncc1C(C)C.Cc1cc(-c2[c-]cccc2)ncc1N(c1ccccc1)c1ccccc1.Cc1cnc(-c2[c-]cccc2)cc1C.[Ir].[Ir].[Ir].[c-]1ccccc1-c1ccc(N(c2ccccc2)c2ccccc2)cn1.[c-]1ccccc1-c1ccc(N(c2ccccc2)c2ccccc2)cn1. The van der Waals surface area contributed by atoms with Crippen LogP contribution in [0.3, 0.4) is 0 Å². The Balaban J connectivity index is 0.000000158. The normalized spacial score (nSPS) is 10.2. The molecule has 0 saturated heterocycles. The first kappa shape index (κ1) is 94.1. The average molecular weight is 2160 g/mol. The smallest absolute Gasteiger partial charge is 0.0656 e. The molecular weight excluding hydrogens is 2060 g/mol. The Morgan fingerprint density at radius 2 is 0.432 bits per heavy atom. The Labute approximate surface area is 779 Å². The summed E-state index contributed by atoms with van der Waals surface area (Å²) in [6.07, 6.45) is 11.6. The van der Waals surface area contributed by atoms with Crippen LogP contribution in [0.5, 0.6) is 0 Å². The topological polar surface area (TPSA) is 87.1 Å². The Hall–Kier alpha value is -13.1. The zero-order valence-corrected chi connectivity index (χ0v) is 78.6. The van der Waals surface area contributed by atoms with Crippen molar-refractivity contribution in [2.24, 2.45) is 0 Å². The van der Waals surface area contributed by atoms with Crippen LogP contribution in [0.4, 0.5) is 51.2 Å². The van der Waals surface area contributed by atoms with Crippen LogP contribution >= 0.6 is 0 Å². The van der Waals surface area contributed by atoms with Gasteiger partial charge < -0.3 is 44.6 Å². The van der Waals surface area contributed by atoms with Gasteiger partial charge in [0.2, 0.25) is 0 Å². The number of anilines is 9. The van der Waals surface area contributed by atoms with Crippen LogP contribution in [0, 0.1) is 71.0 Å². The van der Waals surface area contributed by atoms with E-state index in [0.717, 1.165) is 119 Å². The number of aryl methyl sites for hydroxylation is 5. The van der Waals surface area contributed by atoms with Crippen molar-refractivity contribution in [3.8, 4) is 67.5 Å². The third-order valence-corrected chi connectivity index (χ3v) is 20.3. The zero-order valence-electron chi connectivity index (χ0n) is 71.4. The van der Waals surface area contributed by atoms with Gasteiger partial charge in [-0.2, -0.15) is 0 Å². The molecule has 0 fully saturated rings. The van der Waals surface area contributed by atoms with E-state index in [1.165, 1.54) is 38.9 Å². The summed E-state index contributed by atoms with van der Waals surface area (Å²) >= 11 is 0. The van der Waals surface area contributed by atoms with Crippen LogP contribution in [-0.2, 0) is 60.3 Å². The number of para-hydroxylation sites is 6. The monoisotopic (exact) mass is 2160 g/mol. The van der Waals surface area contributed by atoms with E-state index < -0.39 is 0 Å². The molecule has 0 unspecified atom stereocenters. The van der Waals surface area contributed by atoms with Gasteiger partial charge in [-0.05, 0) is 188 Å². The first-order chi connectivity index (χ1) is 59.8. The van der Waals surface area contributed by atoms with E-state index in [1.807, 2.05) is 280 Å². The predicted molar refractivity (Wildman–Crippen MR) is 507 cm³/mol. The molecule has 18 rings (SSSR count). The van der Waals surface area contributed by atoms with Crippen LogP contribution < -0.4 is 14.7 Å². The number of aromatic nitrogens is 6. The van der Waals surface area contributed by atoms with E-state index >= 15 is 0 Å². The van der Waals surface area contributed by atoms with Crippen LogP contribution in [0.25, 0.3) is 67.5 Å². The number of rotatable bonds is 17. The van der Waals surface area contributed by atoms with Crippen molar-refractivity contribution < 1.29 is 60.3 Å². The van der Waals surface area contributed by atoms with Gasteiger partial charge in [0, 0.05) is 132 Å². The number of hydrogen-bond donors (Lipinski definition) is 0. The standard InChI is InChI=1S/C24H19N2.2C23H17N2.2C15H16N.C13H12N.3Ir/c1-19-17-23(20-11-5-2-6-12-20)25-18-24(19)26(21-13-7-3-8-14-21)22-15-9-4-10-16-22;2*1-4-10-19(11-5-1)23-17-16-22(18-24-23)25(20-12-6-2-7-13-20)21-14-8-3-9-15-21;2*1-11(2)14-10-16-15(9-12(14)3)13-7-5-4-6-8-13;1-10-8-13(14-9-11(10)2)12-6-4-3-5-7-12;;;/h2-11,13-18H,1H3;2*1-10,12-18H;2*4-7,9-11H,1-3H3;3-6,8-9H,1-2H3;;;/q6*-1;;;. The van der Waals surface area contributed by atoms with Gasteiger partial charge in [0.15, 0.2) is 0 Å². The number of nitrogens with zero attached hydrogens (tertiary/aromatic N) is 9. The van der Waals surface area contributed by atoms with E-state index in [4.69, 9.17) is 4.98 Å². The molecule has 0 aliphatic rings. The Morgan fingerprint density at radius 1 is 0.200 bits per heavy atom. The largest absolute Gasteiger partial charge is 0.309 e. The van der Waals surface area contributed by atoms with Crippen molar-refractivity contribution in [3.63, 3.8) is 0 Å². The van der Waals surface area contributed by atoms with Crippen molar-refractivity contribution in [1.29, 1.82) is 0 Å². The summed E-state index contributed by atoms with van der Waals surface area (Å²) in [6.45, 7) is 19.4. The first-order valence-corrected chi connectivity index (χ1v) is 41.1. The minimum absolute atomic E-state index is 0. The van der Waals surface area contributed by atoms with Crippen LogP contribution in [0.15, 0.2) is 413 Å². The maximum absolute atomic E-state index is 4.71. The summed E-state index contributed by atoms with van der Waals surface area (Å²) in [5.41, 5.74) is 30.6. The van der Waals surface area contributed by atoms with E-state index in [0.29, 0.717) is 11.8 Å². The van der Waals surface area contributed by atoms with Gasteiger partial charge in [0.25, 0.3) is 0 Å². The summed E-state index contributed by atoms with van der Waals surface area (Å²) in [4.78, 5) is 34.0. The maximum Gasteiger partial charge on any atom is 0.0656 e. The molecule has 0 atom stereocenters. The molecule has 12 heteroatoms. The van der Waals surface area contributed by atoms with Crippen LogP contribution in [-0.4, -0.2) is 29.9 Å². The molecule has 6 heterocycles. The van der Waals surface area contributed by atoms with Crippen molar-refractivity contribution >= 4 is 51.2 Å². The number of hydrogen-bond acceptors (Lipinski definition) is 9. The third-order valence-electron chi connectivity index (χ3n) is 20.3. The van der Waals surface area contributed by atoms with E-state index in [2.05, 4.69) is 272 Å². The van der Waals surface area contributed by atoms with Gasteiger partial charge in [-0.1, -0.05) is 190 Å². The van der Waals surface area contributed by atoms with Gasteiger partial charge in [-0.15, -0.1) is 215 Å². The van der Waals surface area contributed by atoms with Gasteiger partial charge in [0.1, 0.15) is 0 Å². The number of pyridine rings is 6. The first-order valence-electron chi connectivity index (χ1n) is 41.1. The van der Waals surface area contributed by atoms with Crippen molar-refractivity contribution in [1.82, 2.24) is 29.9 Å². The molecule has 0 N–H and O–H groups in total. The fraction of sp³-hybridized carbons (Fsp3) is 0.0973. The van der Waals surface area contributed by atoms with Crippen molar-refractivity contribution in [3.05, 3.63) is 489 Å². The summed E-state index contributed by atoms with van der Waals surface area (Å²) in [5, 5.41) is 0. The van der Waals surface area contributed by atoms with E-state index in [1.54, 1.807) is 0 Å². The van der Waals surface area contributed by atoms with Crippen molar-refractivity contribution in [2.45, 2.75) is 74.1 Å². The van der Waals surface area contributed by atoms with Gasteiger partial charge >= 0.3 is 0 Å². The molecule has 3 radical (unpaired) electrons. The Kier molecular flexibility index (Phi) is 36.6. The zero-order chi connectivity index (χ0) is 84.6. The molecule has 9 nitrogen and oxygen atoms in total. The molecule has 0 bridgehead atoms.